The second-order valence-electron chi connectivity index (χ2n) is 6.64. The van der Waals surface area contributed by atoms with E-state index >= 15 is 0 Å². The maximum Gasteiger partial charge on any atom is 0.243 e. The third kappa shape index (κ3) is 3.53. The van der Waals surface area contributed by atoms with E-state index in [1.807, 2.05) is 30.3 Å². The molecule has 0 spiro atoms. The molecule has 140 valence electrons. The number of hydrogen-bond donors (Lipinski definition) is 1. The van der Waals surface area contributed by atoms with Crippen LogP contribution in [0.1, 0.15) is 5.56 Å². The van der Waals surface area contributed by atoms with E-state index in [1.165, 1.54) is 4.31 Å². The summed E-state index contributed by atoms with van der Waals surface area (Å²) in [6.07, 6.45) is 1.67. The molecule has 2 heterocycles. The summed E-state index contributed by atoms with van der Waals surface area (Å²) in [5, 5.41) is 11.4. The molecular weight excluding hydrogens is 362 g/mol. The zero-order chi connectivity index (χ0) is 18.9. The van der Waals surface area contributed by atoms with Gasteiger partial charge in [-0.2, -0.15) is 4.31 Å². The van der Waals surface area contributed by atoms with Gasteiger partial charge in [0, 0.05) is 49.9 Å². The molecule has 0 bridgehead atoms. The molecule has 0 radical (unpaired) electrons. The fourth-order valence-electron chi connectivity index (χ4n) is 3.41. The van der Waals surface area contributed by atoms with E-state index in [1.54, 1.807) is 30.5 Å². The van der Waals surface area contributed by atoms with Crippen molar-refractivity contribution in [1.29, 1.82) is 0 Å². The van der Waals surface area contributed by atoms with E-state index in [0.29, 0.717) is 43.1 Å². The smallest absolute Gasteiger partial charge is 0.243 e. The Morgan fingerprint density at radius 2 is 1.67 bits per heavy atom. The van der Waals surface area contributed by atoms with Crippen molar-refractivity contribution in [3.63, 3.8) is 0 Å². The molecule has 1 fully saturated rings. The molecule has 7 heteroatoms. The van der Waals surface area contributed by atoms with Crippen LogP contribution in [-0.4, -0.2) is 53.9 Å². The summed E-state index contributed by atoms with van der Waals surface area (Å²) in [4.78, 5) is 6.74. The molecule has 1 N–H and O–H groups in total. The summed E-state index contributed by atoms with van der Waals surface area (Å²) in [5.41, 5.74) is 1.40. The molecule has 0 unspecified atom stereocenters. The predicted octanol–water partition coefficient (Wildman–Crippen LogP) is 2.45. The standard InChI is InChI=1S/C20H21N3O3S/c24-20-17(9-8-16-5-4-10-21-19(16)20)15-22-11-13-23(14-12-22)27(25,26)18-6-2-1-3-7-18/h1-10,24H,11-15H2. The Hall–Kier alpha value is -2.48. The number of phenolic OH excluding ortho intramolecular Hbond substituents is 1. The average Bonchev–Trinajstić information content (AvgIpc) is 2.71. The van der Waals surface area contributed by atoms with Crippen molar-refractivity contribution < 1.29 is 13.5 Å². The summed E-state index contributed by atoms with van der Waals surface area (Å²) >= 11 is 0. The summed E-state index contributed by atoms with van der Waals surface area (Å²) < 4.78 is 27.0. The van der Waals surface area contributed by atoms with Crippen LogP contribution in [0.5, 0.6) is 5.75 Å². The molecule has 0 aliphatic carbocycles. The number of aromatic nitrogens is 1. The van der Waals surface area contributed by atoms with Gasteiger partial charge in [0.2, 0.25) is 10.0 Å². The summed E-state index contributed by atoms with van der Waals surface area (Å²) in [6, 6.07) is 16.2. The highest BCUT2D eigenvalue weighted by molar-refractivity contribution is 7.89. The maximum absolute atomic E-state index is 12.7. The molecule has 2 aromatic carbocycles. The van der Waals surface area contributed by atoms with Crippen LogP contribution in [0.4, 0.5) is 0 Å². The number of phenols is 1. The Kier molecular flexibility index (Phi) is 4.82. The van der Waals surface area contributed by atoms with Gasteiger partial charge in [-0.15, -0.1) is 0 Å². The number of nitrogens with zero attached hydrogens (tertiary/aromatic N) is 3. The van der Waals surface area contributed by atoms with E-state index in [9.17, 15) is 13.5 Å². The fraction of sp³-hybridized carbons (Fsp3) is 0.250. The van der Waals surface area contributed by atoms with Crippen molar-refractivity contribution in [2.75, 3.05) is 26.2 Å². The van der Waals surface area contributed by atoms with Crippen LogP contribution >= 0.6 is 0 Å². The SMILES string of the molecule is O=S(=O)(c1ccccc1)N1CCN(Cc2ccc3cccnc3c2O)CC1. The zero-order valence-corrected chi connectivity index (χ0v) is 15.6. The van der Waals surface area contributed by atoms with Crippen LogP contribution in [0.2, 0.25) is 0 Å². The van der Waals surface area contributed by atoms with Crippen LogP contribution in [-0.2, 0) is 16.6 Å². The Balaban J connectivity index is 1.45. The third-order valence-electron chi connectivity index (χ3n) is 4.94. The topological polar surface area (TPSA) is 73.7 Å². The Bertz CT molecular complexity index is 1050. The predicted molar refractivity (Wildman–Crippen MR) is 104 cm³/mol. The van der Waals surface area contributed by atoms with Gasteiger partial charge in [0.1, 0.15) is 11.3 Å². The first-order valence-corrected chi connectivity index (χ1v) is 10.3. The summed E-state index contributed by atoms with van der Waals surface area (Å²) in [7, 11) is -3.45. The number of benzene rings is 2. The number of pyridine rings is 1. The number of hydrogen-bond acceptors (Lipinski definition) is 5. The first-order valence-electron chi connectivity index (χ1n) is 8.89. The lowest BCUT2D eigenvalue weighted by Crippen LogP contribution is -2.48. The first-order chi connectivity index (χ1) is 13.1. The van der Waals surface area contributed by atoms with Crippen LogP contribution in [0.15, 0.2) is 65.7 Å². The molecule has 27 heavy (non-hydrogen) atoms. The van der Waals surface area contributed by atoms with Gasteiger partial charge in [-0.3, -0.25) is 9.88 Å². The lowest BCUT2D eigenvalue weighted by Gasteiger charge is -2.34. The van der Waals surface area contributed by atoms with Gasteiger partial charge < -0.3 is 5.11 Å². The van der Waals surface area contributed by atoms with Crippen molar-refractivity contribution in [1.82, 2.24) is 14.2 Å². The fourth-order valence-corrected chi connectivity index (χ4v) is 4.85. The van der Waals surface area contributed by atoms with E-state index < -0.39 is 10.0 Å². The minimum atomic E-state index is -3.45. The van der Waals surface area contributed by atoms with Crippen molar-refractivity contribution in [3.8, 4) is 5.75 Å². The monoisotopic (exact) mass is 383 g/mol. The zero-order valence-electron chi connectivity index (χ0n) is 14.8. The Labute approximate surface area is 158 Å². The Morgan fingerprint density at radius 3 is 2.41 bits per heavy atom. The molecule has 0 amide bonds. The number of sulfonamides is 1. The number of piperazine rings is 1. The second-order valence-corrected chi connectivity index (χ2v) is 8.58. The highest BCUT2D eigenvalue weighted by Gasteiger charge is 2.28. The average molecular weight is 383 g/mol. The molecule has 6 nitrogen and oxygen atoms in total. The number of aromatic hydroxyl groups is 1. The maximum atomic E-state index is 12.7. The molecule has 1 saturated heterocycles. The van der Waals surface area contributed by atoms with Crippen molar-refractivity contribution in [3.05, 3.63) is 66.4 Å². The minimum absolute atomic E-state index is 0.201. The van der Waals surface area contributed by atoms with Crippen molar-refractivity contribution in [2.24, 2.45) is 0 Å². The molecule has 3 aromatic rings. The van der Waals surface area contributed by atoms with E-state index in [2.05, 4.69) is 9.88 Å². The third-order valence-corrected chi connectivity index (χ3v) is 6.85. The highest BCUT2D eigenvalue weighted by atomic mass is 32.2. The number of fused-ring (bicyclic) bond motifs is 1. The van der Waals surface area contributed by atoms with E-state index in [0.717, 1.165) is 10.9 Å². The van der Waals surface area contributed by atoms with Gasteiger partial charge in [0.15, 0.2) is 0 Å². The minimum Gasteiger partial charge on any atom is -0.505 e. The van der Waals surface area contributed by atoms with Crippen LogP contribution < -0.4 is 0 Å². The van der Waals surface area contributed by atoms with Gasteiger partial charge in [-0.25, -0.2) is 8.42 Å². The molecule has 4 rings (SSSR count). The van der Waals surface area contributed by atoms with Gasteiger partial charge >= 0.3 is 0 Å². The molecule has 1 aromatic heterocycles. The lowest BCUT2D eigenvalue weighted by molar-refractivity contribution is 0.180. The molecular formula is C20H21N3O3S. The van der Waals surface area contributed by atoms with E-state index in [4.69, 9.17) is 0 Å². The summed E-state index contributed by atoms with van der Waals surface area (Å²) in [5.74, 6) is 0.201. The second kappa shape index (κ2) is 7.26. The highest BCUT2D eigenvalue weighted by Crippen LogP contribution is 2.28. The molecule has 0 saturated carbocycles. The van der Waals surface area contributed by atoms with Gasteiger partial charge in [-0.1, -0.05) is 36.4 Å². The molecule has 1 aliphatic rings. The van der Waals surface area contributed by atoms with Crippen molar-refractivity contribution in [2.45, 2.75) is 11.4 Å². The van der Waals surface area contributed by atoms with Crippen molar-refractivity contribution >= 4 is 20.9 Å². The van der Waals surface area contributed by atoms with Crippen LogP contribution in [0, 0.1) is 0 Å². The largest absolute Gasteiger partial charge is 0.505 e. The van der Waals surface area contributed by atoms with Gasteiger partial charge in [-0.05, 0) is 18.2 Å². The Morgan fingerprint density at radius 1 is 0.926 bits per heavy atom. The normalized spacial score (nSPS) is 16.6. The van der Waals surface area contributed by atoms with Gasteiger partial charge in [0.25, 0.3) is 0 Å². The molecule has 1 aliphatic heterocycles. The number of rotatable bonds is 4. The quantitative estimate of drug-likeness (QED) is 0.749. The van der Waals surface area contributed by atoms with E-state index in [-0.39, 0.29) is 5.75 Å². The first kappa shape index (κ1) is 17.9. The molecule has 0 atom stereocenters. The summed E-state index contributed by atoms with van der Waals surface area (Å²) in [6.45, 7) is 2.67. The van der Waals surface area contributed by atoms with Crippen LogP contribution in [0.25, 0.3) is 10.9 Å². The van der Waals surface area contributed by atoms with Gasteiger partial charge in [0.05, 0.1) is 4.90 Å². The van der Waals surface area contributed by atoms with Crippen LogP contribution in [0.3, 0.4) is 0 Å². The lowest BCUT2D eigenvalue weighted by atomic mass is 10.1.